The zero-order chi connectivity index (χ0) is 13.8. The van der Waals surface area contributed by atoms with Crippen molar-refractivity contribution in [1.29, 1.82) is 0 Å². The molecule has 1 atom stereocenters. The van der Waals surface area contributed by atoms with Crippen LogP contribution in [0.15, 0.2) is 12.3 Å². The lowest BCUT2D eigenvalue weighted by atomic mass is 10.2. The van der Waals surface area contributed by atoms with Crippen LogP contribution >= 0.6 is 11.6 Å². The molecule has 0 spiro atoms. The average Bonchev–Trinajstić information content (AvgIpc) is 2.77. The van der Waals surface area contributed by atoms with Crippen LogP contribution in [0.4, 0.5) is 5.82 Å². The number of nitrogens with one attached hydrogen (secondary N) is 2. The third-order valence-electron chi connectivity index (χ3n) is 3.18. The quantitative estimate of drug-likeness (QED) is 0.881. The van der Waals surface area contributed by atoms with Gasteiger partial charge in [-0.05, 0) is 33.0 Å². The van der Waals surface area contributed by atoms with Crippen molar-refractivity contribution < 1.29 is 4.79 Å². The zero-order valence-electron chi connectivity index (χ0n) is 11.2. The molecule has 1 aliphatic rings. The highest BCUT2D eigenvalue weighted by Gasteiger charge is 2.22. The van der Waals surface area contributed by atoms with Crippen LogP contribution in [0.25, 0.3) is 0 Å². The number of rotatable bonds is 4. The molecule has 1 fully saturated rings. The van der Waals surface area contributed by atoms with E-state index in [2.05, 4.69) is 27.6 Å². The summed E-state index contributed by atoms with van der Waals surface area (Å²) in [5.41, 5.74) is 0.474. The predicted molar refractivity (Wildman–Crippen MR) is 76.8 cm³/mol. The third-order valence-corrected chi connectivity index (χ3v) is 3.49. The van der Waals surface area contributed by atoms with Crippen LogP contribution in [0.2, 0.25) is 5.02 Å². The second-order valence-electron chi connectivity index (χ2n) is 4.80. The first-order chi connectivity index (χ1) is 9.10. The molecule has 19 heavy (non-hydrogen) atoms. The van der Waals surface area contributed by atoms with Crippen molar-refractivity contribution in [2.24, 2.45) is 0 Å². The molecule has 0 radical (unpaired) electrons. The number of likely N-dealkylation sites (tertiary alicyclic amines) is 1. The summed E-state index contributed by atoms with van der Waals surface area (Å²) in [7, 11) is 2.05. The normalized spacial score (nSPS) is 19.4. The summed E-state index contributed by atoms with van der Waals surface area (Å²) in [4.78, 5) is 18.5. The molecule has 104 valence electrons. The number of hydrogen-bond donors (Lipinski definition) is 2. The van der Waals surface area contributed by atoms with Gasteiger partial charge in [-0.25, -0.2) is 4.98 Å². The third kappa shape index (κ3) is 3.58. The summed E-state index contributed by atoms with van der Waals surface area (Å²) >= 11 is 6.04. The highest BCUT2D eigenvalue weighted by atomic mass is 35.5. The molecule has 1 aliphatic heterocycles. The largest absolute Gasteiger partial charge is 0.370 e. The van der Waals surface area contributed by atoms with E-state index in [0.29, 0.717) is 16.4 Å². The minimum atomic E-state index is -0.133. The Balaban J connectivity index is 2.07. The Bertz CT molecular complexity index is 466. The van der Waals surface area contributed by atoms with E-state index in [1.165, 1.54) is 6.20 Å². The Hall–Kier alpha value is -1.33. The van der Waals surface area contributed by atoms with E-state index in [4.69, 9.17) is 11.6 Å². The van der Waals surface area contributed by atoms with E-state index in [9.17, 15) is 4.79 Å². The Kier molecular flexibility index (Phi) is 4.61. The van der Waals surface area contributed by atoms with Crippen molar-refractivity contribution in [3.63, 3.8) is 0 Å². The number of carbonyl (C=O) groups excluding carboxylic acids is 1. The van der Waals surface area contributed by atoms with Crippen LogP contribution in [-0.2, 0) is 0 Å². The molecule has 1 saturated heterocycles. The maximum absolute atomic E-state index is 12.2. The van der Waals surface area contributed by atoms with Gasteiger partial charge >= 0.3 is 0 Å². The number of nitrogens with zero attached hydrogens (tertiary/aromatic N) is 2. The first-order valence-corrected chi connectivity index (χ1v) is 6.86. The van der Waals surface area contributed by atoms with Crippen molar-refractivity contribution in [3.05, 3.63) is 22.8 Å². The Morgan fingerprint density at radius 3 is 3.05 bits per heavy atom. The smallest absolute Gasteiger partial charge is 0.253 e. The standard InChI is InChI=1S/C13H19ClN4O/c1-3-15-12-6-10(11(14)7-16-12)13(19)17-9-4-5-18(2)8-9/h6-7,9H,3-5,8H2,1-2H3,(H,15,16)(H,17,19). The molecule has 0 bridgehead atoms. The van der Waals surface area contributed by atoms with Gasteiger partial charge in [0.05, 0.1) is 10.6 Å². The van der Waals surface area contributed by atoms with Crippen LogP contribution in [0.3, 0.4) is 0 Å². The molecule has 5 nitrogen and oxygen atoms in total. The van der Waals surface area contributed by atoms with Crippen LogP contribution in [0.5, 0.6) is 0 Å². The van der Waals surface area contributed by atoms with E-state index in [1.54, 1.807) is 6.07 Å². The van der Waals surface area contributed by atoms with Crippen molar-refractivity contribution in [1.82, 2.24) is 15.2 Å². The first kappa shape index (κ1) is 14.1. The Morgan fingerprint density at radius 2 is 2.42 bits per heavy atom. The van der Waals surface area contributed by atoms with Gasteiger partial charge in [0.1, 0.15) is 5.82 Å². The molecular weight excluding hydrogens is 264 g/mol. The summed E-state index contributed by atoms with van der Waals surface area (Å²) in [6.45, 7) is 4.62. The van der Waals surface area contributed by atoms with Gasteiger partial charge in [-0.15, -0.1) is 0 Å². The van der Waals surface area contributed by atoms with Gasteiger partial charge in [0.2, 0.25) is 0 Å². The molecule has 1 amide bonds. The summed E-state index contributed by atoms with van der Waals surface area (Å²) in [5, 5.41) is 6.47. The maximum Gasteiger partial charge on any atom is 0.253 e. The highest BCUT2D eigenvalue weighted by molar-refractivity contribution is 6.33. The van der Waals surface area contributed by atoms with E-state index < -0.39 is 0 Å². The van der Waals surface area contributed by atoms with Crippen LogP contribution in [0.1, 0.15) is 23.7 Å². The number of aromatic nitrogens is 1. The van der Waals surface area contributed by atoms with Crippen LogP contribution in [-0.4, -0.2) is 48.5 Å². The van der Waals surface area contributed by atoms with Crippen molar-refractivity contribution in [2.75, 3.05) is 32.0 Å². The Labute approximate surface area is 118 Å². The maximum atomic E-state index is 12.2. The molecule has 2 N–H and O–H groups in total. The molecule has 6 heteroatoms. The van der Waals surface area contributed by atoms with Gasteiger partial charge in [0.25, 0.3) is 5.91 Å². The summed E-state index contributed by atoms with van der Waals surface area (Å²) < 4.78 is 0. The van der Waals surface area contributed by atoms with Crippen LogP contribution in [0, 0.1) is 0 Å². The van der Waals surface area contributed by atoms with Gasteiger partial charge in [-0.3, -0.25) is 4.79 Å². The van der Waals surface area contributed by atoms with E-state index in [0.717, 1.165) is 26.1 Å². The van der Waals surface area contributed by atoms with Gasteiger partial charge < -0.3 is 15.5 Å². The number of halogens is 1. The lowest BCUT2D eigenvalue weighted by Crippen LogP contribution is -2.36. The van der Waals surface area contributed by atoms with Crippen molar-refractivity contribution in [2.45, 2.75) is 19.4 Å². The van der Waals surface area contributed by atoms with E-state index >= 15 is 0 Å². The van der Waals surface area contributed by atoms with Crippen molar-refractivity contribution in [3.8, 4) is 0 Å². The number of carbonyl (C=O) groups is 1. The van der Waals surface area contributed by atoms with E-state index in [1.807, 2.05) is 6.92 Å². The zero-order valence-corrected chi connectivity index (χ0v) is 12.0. The molecule has 1 unspecified atom stereocenters. The summed E-state index contributed by atoms with van der Waals surface area (Å²) in [6.07, 6.45) is 2.49. The molecule has 0 aliphatic carbocycles. The lowest BCUT2D eigenvalue weighted by Gasteiger charge is -2.14. The predicted octanol–water partition coefficient (Wildman–Crippen LogP) is 1.60. The summed E-state index contributed by atoms with van der Waals surface area (Å²) in [5.74, 6) is 0.535. The minimum absolute atomic E-state index is 0.133. The monoisotopic (exact) mass is 282 g/mol. The molecule has 1 aromatic heterocycles. The number of likely N-dealkylation sites (N-methyl/N-ethyl adjacent to an activating group) is 1. The highest BCUT2D eigenvalue weighted by Crippen LogP contribution is 2.18. The number of anilines is 1. The van der Waals surface area contributed by atoms with Gasteiger partial charge in [-0.2, -0.15) is 0 Å². The molecule has 2 heterocycles. The molecule has 2 rings (SSSR count). The fourth-order valence-electron chi connectivity index (χ4n) is 2.21. The lowest BCUT2D eigenvalue weighted by molar-refractivity contribution is 0.0938. The number of hydrogen-bond acceptors (Lipinski definition) is 4. The first-order valence-electron chi connectivity index (χ1n) is 6.49. The second-order valence-corrected chi connectivity index (χ2v) is 5.21. The van der Waals surface area contributed by atoms with E-state index in [-0.39, 0.29) is 11.9 Å². The van der Waals surface area contributed by atoms with Gasteiger partial charge in [-0.1, -0.05) is 11.6 Å². The number of pyridine rings is 1. The average molecular weight is 283 g/mol. The summed E-state index contributed by atoms with van der Waals surface area (Å²) in [6, 6.07) is 1.89. The topological polar surface area (TPSA) is 57.3 Å². The molecular formula is C13H19ClN4O. The fraction of sp³-hybridized carbons (Fsp3) is 0.538. The fourth-order valence-corrected chi connectivity index (χ4v) is 2.40. The SMILES string of the molecule is CCNc1cc(C(=O)NC2CCN(C)C2)c(Cl)cn1. The van der Waals surface area contributed by atoms with Gasteiger partial charge in [0, 0.05) is 25.3 Å². The number of amides is 1. The Morgan fingerprint density at radius 1 is 1.63 bits per heavy atom. The molecule has 1 aromatic rings. The minimum Gasteiger partial charge on any atom is -0.370 e. The van der Waals surface area contributed by atoms with Crippen molar-refractivity contribution >= 4 is 23.3 Å². The molecule has 0 saturated carbocycles. The van der Waals surface area contributed by atoms with Gasteiger partial charge in [0.15, 0.2) is 0 Å². The second kappa shape index (κ2) is 6.21. The van der Waals surface area contributed by atoms with Crippen LogP contribution < -0.4 is 10.6 Å². The molecule has 0 aromatic carbocycles.